The molecule has 0 aliphatic heterocycles. The Bertz CT molecular complexity index is 325. The Balaban J connectivity index is 2.37. The minimum Gasteiger partial charge on any atom is -0.298 e. The van der Waals surface area contributed by atoms with Gasteiger partial charge in [0.2, 0.25) is 0 Å². The fourth-order valence-electron chi connectivity index (χ4n) is 1.26. The van der Waals surface area contributed by atoms with Gasteiger partial charge in [0.1, 0.15) is 5.78 Å². The number of halogens is 1. The van der Waals surface area contributed by atoms with Crippen LogP contribution in [0.4, 0.5) is 0 Å². The van der Waals surface area contributed by atoms with Crippen LogP contribution in [0.1, 0.15) is 18.9 Å². The average molecular weight is 287 g/mol. The number of thioether (sulfide) groups is 1. The van der Waals surface area contributed by atoms with E-state index in [4.69, 9.17) is 0 Å². The summed E-state index contributed by atoms with van der Waals surface area (Å²) in [4.78, 5) is 11.6. The van der Waals surface area contributed by atoms with Gasteiger partial charge in [-0.15, -0.1) is 0 Å². The van der Waals surface area contributed by atoms with Crippen molar-refractivity contribution in [2.24, 2.45) is 0 Å². The van der Waals surface area contributed by atoms with Gasteiger partial charge in [-0.25, -0.2) is 0 Å². The van der Waals surface area contributed by atoms with Crippen LogP contribution < -0.4 is 0 Å². The van der Waals surface area contributed by atoms with Crippen LogP contribution in [0.15, 0.2) is 28.7 Å². The summed E-state index contributed by atoms with van der Waals surface area (Å²) in [7, 11) is 0. The Morgan fingerprint density at radius 1 is 1.47 bits per heavy atom. The van der Waals surface area contributed by atoms with Crippen molar-refractivity contribution in [3.05, 3.63) is 34.3 Å². The second-order valence-corrected chi connectivity index (χ2v) is 5.42. The number of benzene rings is 1. The smallest absolute Gasteiger partial charge is 0.147 e. The number of rotatable bonds is 6. The van der Waals surface area contributed by atoms with Crippen molar-refractivity contribution in [3.8, 4) is 0 Å². The highest BCUT2D eigenvalue weighted by atomic mass is 79.9. The lowest BCUT2D eigenvalue weighted by atomic mass is 10.1. The zero-order valence-corrected chi connectivity index (χ0v) is 11.2. The summed E-state index contributed by atoms with van der Waals surface area (Å²) >= 11 is 5.12. The molecule has 0 aliphatic carbocycles. The highest BCUT2D eigenvalue weighted by Crippen LogP contribution is 2.13. The zero-order valence-electron chi connectivity index (χ0n) is 8.83. The zero-order chi connectivity index (χ0) is 11.1. The molecule has 0 aromatic heterocycles. The van der Waals surface area contributed by atoms with Gasteiger partial charge in [0, 0.05) is 10.9 Å². The van der Waals surface area contributed by atoms with Crippen molar-refractivity contribution in [3.63, 3.8) is 0 Å². The van der Waals surface area contributed by atoms with Crippen LogP contribution >= 0.6 is 27.7 Å². The molecule has 0 saturated heterocycles. The molecule has 1 aromatic carbocycles. The summed E-state index contributed by atoms with van der Waals surface area (Å²) in [6.07, 6.45) is 1.69. The molecular weight excluding hydrogens is 272 g/mol. The highest BCUT2D eigenvalue weighted by molar-refractivity contribution is 9.10. The van der Waals surface area contributed by atoms with Crippen molar-refractivity contribution in [1.82, 2.24) is 0 Å². The maximum atomic E-state index is 11.6. The molecule has 0 heterocycles. The summed E-state index contributed by atoms with van der Waals surface area (Å²) in [5, 5.41) is 0. The molecule has 0 fully saturated rings. The number of Topliss-reactive ketones (excluding diaryl/α,β-unsaturated/α-hetero) is 1. The van der Waals surface area contributed by atoms with Gasteiger partial charge in [-0.3, -0.25) is 4.79 Å². The van der Waals surface area contributed by atoms with Crippen LogP contribution in [-0.2, 0) is 11.2 Å². The van der Waals surface area contributed by atoms with Crippen LogP contribution in [0, 0.1) is 0 Å². The van der Waals surface area contributed by atoms with E-state index in [9.17, 15) is 4.79 Å². The Labute approximate surface area is 104 Å². The fraction of sp³-hybridized carbons (Fsp3) is 0.417. The summed E-state index contributed by atoms with van der Waals surface area (Å²) < 4.78 is 1.04. The van der Waals surface area contributed by atoms with Crippen LogP contribution in [0.5, 0.6) is 0 Å². The van der Waals surface area contributed by atoms with Crippen molar-refractivity contribution in [2.45, 2.75) is 19.8 Å². The molecule has 0 amide bonds. The first-order valence-electron chi connectivity index (χ1n) is 5.06. The maximum Gasteiger partial charge on any atom is 0.147 e. The quantitative estimate of drug-likeness (QED) is 0.742. The first-order chi connectivity index (χ1) is 7.22. The first kappa shape index (κ1) is 12.8. The Morgan fingerprint density at radius 2 is 2.27 bits per heavy atom. The summed E-state index contributed by atoms with van der Waals surface area (Å²) in [6.45, 7) is 2.13. The molecule has 1 nitrogen and oxygen atoms in total. The van der Waals surface area contributed by atoms with Gasteiger partial charge in [-0.05, 0) is 29.9 Å². The number of hydrogen-bond donors (Lipinski definition) is 0. The van der Waals surface area contributed by atoms with E-state index < -0.39 is 0 Å². The van der Waals surface area contributed by atoms with Crippen LogP contribution in [0.2, 0.25) is 0 Å². The van der Waals surface area contributed by atoms with Crippen molar-refractivity contribution < 1.29 is 4.79 Å². The Kier molecular flexibility index (Phi) is 6.03. The van der Waals surface area contributed by atoms with Gasteiger partial charge < -0.3 is 0 Å². The van der Waals surface area contributed by atoms with Gasteiger partial charge in [0.15, 0.2) is 0 Å². The molecule has 0 bridgehead atoms. The standard InChI is InChI=1S/C12H15BrOS/c1-2-6-15-9-12(14)8-10-4-3-5-11(13)7-10/h3-5,7H,2,6,8-9H2,1H3. The number of carbonyl (C=O) groups is 1. The predicted molar refractivity (Wildman–Crippen MR) is 70.5 cm³/mol. The fourth-order valence-corrected chi connectivity index (χ4v) is 2.47. The SMILES string of the molecule is CCCSCC(=O)Cc1cccc(Br)c1. The van der Waals surface area contributed by atoms with Gasteiger partial charge in [-0.1, -0.05) is 35.0 Å². The third kappa shape index (κ3) is 5.38. The van der Waals surface area contributed by atoms with E-state index in [-0.39, 0.29) is 0 Å². The van der Waals surface area contributed by atoms with Crippen molar-refractivity contribution in [1.29, 1.82) is 0 Å². The summed E-state index contributed by atoms with van der Waals surface area (Å²) in [5.74, 6) is 2.02. The molecular formula is C12H15BrOS. The maximum absolute atomic E-state index is 11.6. The summed E-state index contributed by atoms with van der Waals surface area (Å²) in [5.41, 5.74) is 1.09. The molecule has 1 aromatic rings. The van der Waals surface area contributed by atoms with E-state index in [2.05, 4.69) is 22.9 Å². The van der Waals surface area contributed by atoms with Gasteiger partial charge >= 0.3 is 0 Å². The van der Waals surface area contributed by atoms with E-state index in [1.807, 2.05) is 24.3 Å². The third-order valence-corrected chi connectivity index (χ3v) is 3.62. The molecule has 1 rings (SSSR count). The number of hydrogen-bond acceptors (Lipinski definition) is 2. The predicted octanol–water partition coefficient (Wildman–Crippen LogP) is 3.70. The van der Waals surface area contributed by atoms with Crippen molar-refractivity contribution >= 4 is 33.5 Å². The second-order valence-electron chi connectivity index (χ2n) is 3.40. The van der Waals surface area contributed by atoms with E-state index in [1.54, 1.807) is 11.8 Å². The second kappa shape index (κ2) is 7.07. The molecule has 0 N–H and O–H groups in total. The molecule has 82 valence electrons. The molecule has 0 aliphatic rings. The van der Waals surface area contributed by atoms with E-state index in [0.717, 1.165) is 22.2 Å². The molecule has 0 unspecified atom stereocenters. The van der Waals surface area contributed by atoms with Crippen LogP contribution in [0.3, 0.4) is 0 Å². The topological polar surface area (TPSA) is 17.1 Å². The minimum absolute atomic E-state index is 0.312. The molecule has 0 saturated carbocycles. The van der Waals surface area contributed by atoms with E-state index in [1.165, 1.54) is 0 Å². The van der Waals surface area contributed by atoms with E-state index >= 15 is 0 Å². The molecule has 0 spiro atoms. The summed E-state index contributed by atoms with van der Waals surface area (Å²) in [6, 6.07) is 7.93. The lowest BCUT2D eigenvalue weighted by molar-refractivity contribution is -0.116. The highest BCUT2D eigenvalue weighted by Gasteiger charge is 2.03. The van der Waals surface area contributed by atoms with Crippen molar-refractivity contribution in [2.75, 3.05) is 11.5 Å². The molecule has 15 heavy (non-hydrogen) atoms. The third-order valence-electron chi connectivity index (χ3n) is 1.90. The monoisotopic (exact) mass is 286 g/mol. The van der Waals surface area contributed by atoms with Gasteiger partial charge in [-0.2, -0.15) is 11.8 Å². The Hall–Kier alpha value is -0.280. The van der Waals surface area contributed by atoms with Crippen LogP contribution in [0.25, 0.3) is 0 Å². The average Bonchev–Trinajstić information content (AvgIpc) is 2.18. The minimum atomic E-state index is 0.312. The number of carbonyl (C=O) groups excluding carboxylic acids is 1. The first-order valence-corrected chi connectivity index (χ1v) is 7.01. The lowest BCUT2D eigenvalue weighted by Crippen LogP contribution is -2.06. The molecule has 3 heteroatoms. The van der Waals surface area contributed by atoms with E-state index in [0.29, 0.717) is 18.0 Å². The number of ketones is 1. The lowest BCUT2D eigenvalue weighted by Gasteiger charge is -2.01. The van der Waals surface area contributed by atoms with Gasteiger partial charge in [0.25, 0.3) is 0 Å². The van der Waals surface area contributed by atoms with Gasteiger partial charge in [0.05, 0.1) is 5.75 Å². The molecule has 0 atom stereocenters. The molecule has 0 radical (unpaired) electrons. The Morgan fingerprint density at radius 3 is 2.93 bits per heavy atom. The van der Waals surface area contributed by atoms with Crippen LogP contribution in [-0.4, -0.2) is 17.3 Å². The largest absolute Gasteiger partial charge is 0.298 e. The normalized spacial score (nSPS) is 10.3.